The van der Waals surface area contributed by atoms with Crippen molar-refractivity contribution in [1.82, 2.24) is 4.90 Å². The summed E-state index contributed by atoms with van der Waals surface area (Å²) < 4.78 is 0. The average Bonchev–Trinajstić information content (AvgIpc) is 2.31. The zero-order chi connectivity index (χ0) is 10.1. The molecule has 0 spiro atoms. The third-order valence-electron chi connectivity index (χ3n) is 2.94. The van der Waals surface area contributed by atoms with Gasteiger partial charge >= 0.3 is 0 Å². The van der Waals surface area contributed by atoms with Gasteiger partial charge in [0.2, 0.25) is 0 Å². The van der Waals surface area contributed by atoms with E-state index in [9.17, 15) is 5.11 Å². The minimum absolute atomic E-state index is 0.0270. The molecular formula is C9H19NO2S. The molecule has 1 rings (SSSR count). The van der Waals surface area contributed by atoms with Crippen LogP contribution in [0, 0.1) is 0 Å². The maximum absolute atomic E-state index is 9.32. The standard InChI is InChI=1S/C9H19NO2S/c1-9(2)8(13)3-4-10(9)5-7(12)6-11/h7-8,11-13H,3-6H2,1-2H3. The van der Waals surface area contributed by atoms with E-state index in [1.54, 1.807) is 0 Å². The zero-order valence-electron chi connectivity index (χ0n) is 8.27. The second-order valence-corrected chi connectivity index (χ2v) is 4.86. The zero-order valence-corrected chi connectivity index (χ0v) is 9.17. The highest BCUT2D eigenvalue weighted by Gasteiger charge is 2.39. The minimum Gasteiger partial charge on any atom is -0.394 e. The predicted octanol–water partition coefficient (Wildman–Crippen LogP) is 0.122. The van der Waals surface area contributed by atoms with E-state index in [1.807, 2.05) is 0 Å². The van der Waals surface area contributed by atoms with Crippen LogP contribution in [0.4, 0.5) is 0 Å². The van der Waals surface area contributed by atoms with E-state index >= 15 is 0 Å². The van der Waals surface area contributed by atoms with E-state index in [0.29, 0.717) is 11.8 Å². The van der Waals surface area contributed by atoms with Crippen molar-refractivity contribution >= 4 is 12.6 Å². The van der Waals surface area contributed by atoms with Gasteiger partial charge in [-0.25, -0.2) is 0 Å². The van der Waals surface area contributed by atoms with Crippen LogP contribution in [0.3, 0.4) is 0 Å². The summed E-state index contributed by atoms with van der Waals surface area (Å²) in [4.78, 5) is 2.19. The fourth-order valence-corrected chi connectivity index (χ4v) is 2.05. The van der Waals surface area contributed by atoms with Crippen molar-refractivity contribution in [2.45, 2.75) is 37.2 Å². The van der Waals surface area contributed by atoms with Crippen LogP contribution in [0.15, 0.2) is 0 Å². The van der Waals surface area contributed by atoms with E-state index in [1.165, 1.54) is 0 Å². The average molecular weight is 205 g/mol. The maximum Gasteiger partial charge on any atom is 0.0897 e. The van der Waals surface area contributed by atoms with Crippen LogP contribution in [0.25, 0.3) is 0 Å². The Labute approximate surface area is 85.2 Å². The SMILES string of the molecule is CC1(C)C(S)CCN1CC(O)CO. The third kappa shape index (κ3) is 2.37. The van der Waals surface area contributed by atoms with Crippen molar-refractivity contribution in [2.75, 3.05) is 19.7 Å². The summed E-state index contributed by atoms with van der Waals surface area (Å²) in [5.41, 5.74) is 0.0270. The van der Waals surface area contributed by atoms with Crippen molar-refractivity contribution in [1.29, 1.82) is 0 Å². The number of β-amino-alcohol motifs (C(OH)–C–C–N with tert-alkyl or cyclic N) is 1. The normalized spacial score (nSPS) is 30.7. The third-order valence-corrected chi connectivity index (χ3v) is 3.83. The number of thiol groups is 1. The molecule has 0 radical (unpaired) electrons. The lowest BCUT2D eigenvalue weighted by molar-refractivity contribution is 0.0401. The van der Waals surface area contributed by atoms with Crippen LogP contribution in [0.1, 0.15) is 20.3 Å². The molecule has 1 aliphatic rings. The molecule has 0 aromatic heterocycles. The van der Waals surface area contributed by atoms with Crippen molar-refractivity contribution in [3.8, 4) is 0 Å². The summed E-state index contributed by atoms with van der Waals surface area (Å²) in [5, 5.41) is 18.4. The Hall–Kier alpha value is 0.230. The molecule has 1 heterocycles. The minimum atomic E-state index is -0.627. The van der Waals surface area contributed by atoms with Crippen LogP contribution < -0.4 is 0 Å². The van der Waals surface area contributed by atoms with Gasteiger partial charge in [-0.1, -0.05) is 0 Å². The second kappa shape index (κ2) is 4.17. The number of aliphatic hydroxyl groups is 2. The monoisotopic (exact) mass is 205 g/mol. The first-order valence-electron chi connectivity index (χ1n) is 4.70. The molecule has 1 fully saturated rings. The topological polar surface area (TPSA) is 43.7 Å². The van der Waals surface area contributed by atoms with E-state index in [-0.39, 0.29) is 12.1 Å². The Kier molecular flexibility index (Phi) is 3.63. The van der Waals surface area contributed by atoms with Crippen LogP contribution >= 0.6 is 12.6 Å². The number of hydrogen-bond donors (Lipinski definition) is 3. The fourth-order valence-electron chi connectivity index (χ4n) is 1.77. The van der Waals surface area contributed by atoms with Gasteiger partial charge in [-0.2, -0.15) is 12.6 Å². The van der Waals surface area contributed by atoms with Crippen molar-refractivity contribution in [2.24, 2.45) is 0 Å². The van der Waals surface area contributed by atoms with E-state index in [4.69, 9.17) is 5.11 Å². The Morgan fingerprint density at radius 3 is 2.62 bits per heavy atom. The highest BCUT2D eigenvalue weighted by molar-refractivity contribution is 7.81. The van der Waals surface area contributed by atoms with Crippen LogP contribution in [-0.4, -0.2) is 51.7 Å². The predicted molar refractivity (Wildman–Crippen MR) is 56.1 cm³/mol. The molecule has 1 saturated heterocycles. The van der Waals surface area contributed by atoms with Gasteiger partial charge in [-0.3, -0.25) is 4.90 Å². The Morgan fingerprint density at radius 2 is 2.23 bits per heavy atom. The molecule has 78 valence electrons. The molecule has 0 saturated carbocycles. The summed E-state index contributed by atoms with van der Waals surface area (Å²) in [7, 11) is 0. The maximum atomic E-state index is 9.32. The Bertz CT molecular complexity index is 175. The summed E-state index contributed by atoms with van der Waals surface area (Å²) in [6.45, 7) is 5.59. The van der Waals surface area contributed by atoms with Gasteiger partial charge < -0.3 is 10.2 Å². The molecule has 2 N–H and O–H groups in total. The lowest BCUT2D eigenvalue weighted by Crippen LogP contribution is -2.47. The van der Waals surface area contributed by atoms with Gasteiger partial charge in [0.15, 0.2) is 0 Å². The van der Waals surface area contributed by atoms with Gasteiger partial charge in [-0.05, 0) is 26.8 Å². The molecule has 4 heteroatoms. The molecule has 0 aliphatic carbocycles. The number of likely N-dealkylation sites (tertiary alicyclic amines) is 1. The highest BCUT2D eigenvalue weighted by atomic mass is 32.1. The molecule has 13 heavy (non-hydrogen) atoms. The van der Waals surface area contributed by atoms with E-state index in [0.717, 1.165) is 13.0 Å². The first kappa shape index (κ1) is 11.3. The molecule has 1 aliphatic heterocycles. The van der Waals surface area contributed by atoms with Gasteiger partial charge in [-0.15, -0.1) is 0 Å². The molecule has 0 aromatic rings. The largest absolute Gasteiger partial charge is 0.394 e. The van der Waals surface area contributed by atoms with Gasteiger partial charge in [0.25, 0.3) is 0 Å². The molecule has 0 bridgehead atoms. The van der Waals surface area contributed by atoms with Gasteiger partial charge in [0.05, 0.1) is 12.7 Å². The lowest BCUT2D eigenvalue weighted by Gasteiger charge is -2.35. The van der Waals surface area contributed by atoms with Gasteiger partial charge in [0, 0.05) is 17.3 Å². The first-order valence-corrected chi connectivity index (χ1v) is 5.22. The summed E-state index contributed by atoms with van der Waals surface area (Å²) in [6.07, 6.45) is 0.423. The first-order chi connectivity index (χ1) is 5.98. The highest BCUT2D eigenvalue weighted by Crippen LogP contribution is 2.32. The van der Waals surface area contributed by atoms with Crippen molar-refractivity contribution in [3.63, 3.8) is 0 Å². The quantitative estimate of drug-likeness (QED) is 0.574. The van der Waals surface area contributed by atoms with E-state index < -0.39 is 6.10 Å². The Balaban J connectivity index is 2.52. The van der Waals surface area contributed by atoms with E-state index in [2.05, 4.69) is 31.4 Å². The van der Waals surface area contributed by atoms with Crippen LogP contribution in [0.2, 0.25) is 0 Å². The molecule has 3 nitrogen and oxygen atoms in total. The second-order valence-electron chi connectivity index (χ2n) is 4.24. The van der Waals surface area contributed by atoms with Crippen molar-refractivity contribution < 1.29 is 10.2 Å². The number of aliphatic hydroxyl groups excluding tert-OH is 2. The summed E-state index contributed by atoms with van der Waals surface area (Å²) in [6, 6.07) is 0. The molecule has 2 unspecified atom stereocenters. The molecule has 0 aromatic carbocycles. The Morgan fingerprint density at radius 1 is 1.62 bits per heavy atom. The summed E-state index contributed by atoms with van der Waals surface area (Å²) >= 11 is 4.50. The smallest absolute Gasteiger partial charge is 0.0897 e. The fraction of sp³-hybridized carbons (Fsp3) is 1.00. The number of nitrogens with zero attached hydrogens (tertiary/aromatic N) is 1. The number of rotatable bonds is 3. The lowest BCUT2D eigenvalue weighted by atomic mass is 10.0. The van der Waals surface area contributed by atoms with Crippen molar-refractivity contribution in [3.05, 3.63) is 0 Å². The van der Waals surface area contributed by atoms with Crippen LogP contribution in [0.5, 0.6) is 0 Å². The molecule has 0 amide bonds. The summed E-state index contributed by atoms with van der Waals surface area (Å²) in [5.74, 6) is 0. The number of hydrogen-bond acceptors (Lipinski definition) is 4. The van der Waals surface area contributed by atoms with Gasteiger partial charge in [0.1, 0.15) is 0 Å². The molecular weight excluding hydrogens is 186 g/mol. The molecule has 2 atom stereocenters. The van der Waals surface area contributed by atoms with Crippen LogP contribution in [-0.2, 0) is 0 Å².